The zero-order valence-corrected chi connectivity index (χ0v) is 13.1. The second-order valence-electron chi connectivity index (χ2n) is 5.07. The summed E-state index contributed by atoms with van der Waals surface area (Å²) >= 11 is 1.54. The molecule has 3 rings (SSSR count). The molecule has 1 aliphatic heterocycles. The first-order valence-electron chi connectivity index (χ1n) is 7.05. The van der Waals surface area contributed by atoms with Crippen molar-refractivity contribution in [2.24, 2.45) is 0 Å². The number of carbonyl (C=O) groups is 1. The van der Waals surface area contributed by atoms with Crippen LogP contribution in [0.3, 0.4) is 0 Å². The number of aryl methyl sites for hydroxylation is 1. The van der Waals surface area contributed by atoms with Gasteiger partial charge in [-0.2, -0.15) is 0 Å². The number of nitrogens with one attached hydrogen (secondary N) is 1. The lowest BCUT2D eigenvalue weighted by molar-refractivity contribution is -0.118. The van der Waals surface area contributed by atoms with Gasteiger partial charge in [-0.1, -0.05) is 23.8 Å². The quantitative estimate of drug-likeness (QED) is 0.861. The molecule has 0 aromatic heterocycles. The van der Waals surface area contributed by atoms with Crippen LogP contribution in [-0.2, 0) is 11.3 Å². The summed E-state index contributed by atoms with van der Waals surface area (Å²) in [6.07, 6.45) is 0. The zero-order valence-electron chi connectivity index (χ0n) is 12.3. The highest BCUT2D eigenvalue weighted by atomic mass is 32.2. The van der Waals surface area contributed by atoms with Crippen molar-refractivity contribution in [2.45, 2.75) is 18.4 Å². The maximum Gasteiger partial charge on any atom is 0.231 e. The molecule has 22 heavy (non-hydrogen) atoms. The summed E-state index contributed by atoms with van der Waals surface area (Å²) in [5.74, 6) is 1.92. The van der Waals surface area contributed by atoms with Gasteiger partial charge in [0.2, 0.25) is 12.7 Å². The maximum absolute atomic E-state index is 11.9. The second-order valence-corrected chi connectivity index (χ2v) is 6.11. The standard InChI is InChI=1S/C17H17NO3S/c1-12-2-5-14(6-3-12)22-10-17(19)18-9-13-4-7-15-16(8-13)21-11-20-15/h2-8H,9-11H2,1H3,(H,18,19). The fourth-order valence-corrected chi connectivity index (χ4v) is 2.81. The first-order chi connectivity index (χ1) is 10.7. The normalized spacial score (nSPS) is 12.2. The number of hydrogen-bond acceptors (Lipinski definition) is 4. The van der Waals surface area contributed by atoms with Gasteiger partial charge >= 0.3 is 0 Å². The zero-order chi connectivity index (χ0) is 15.4. The van der Waals surface area contributed by atoms with E-state index >= 15 is 0 Å². The van der Waals surface area contributed by atoms with Crippen LogP contribution in [0.15, 0.2) is 47.4 Å². The molecule has 1 aliphatic rings. The summed E-state index contributed by atoms with van der Waals surface area (Å²) in [6, 6.07) is 13.9. The first kappa shape index (κ1) is 14.8. The van der Waals surface area contributed by atoms with E-state index in [1.807, 2.05) is 49.4 Å². The van der Waals surface area contributed by atoms with E-state index in [1.165, 1.54) is 17.3 Å². The highest BCUT2D eigenvalue weighted by molar-refractivity contribution is 8.00. The Bertz CT molecular complexity index is 670. The van der Waals surface area contributed by atoms with Gasteiger partial charge in [0, 0.05) is 11.4 Å². The van der Waals surface area contributed by atoms with Crippen molar-refractivity contribution in [1.82, 2.24) is 5.32 Å². The fraction of sp³-hybridized carbons (Fsp3) is 0.235. The van der Waals surface area contributed by atoms with Gasteiger partial charge in [-0.15, -0.1) is 11.8 Å². The molecule has 0 unspecified atom stereocenters. The highest BCUT2D eigenvalue weighted by Crippen LogP contribution is 2.32. The molecule has 114 valence electrons. The monoisotopic (exact) mass is 315 g/mol. The van der Waals surface area contributed by atoms with E-state index in [1.54, 1.807) is 0 Å². The largest absolute Gasteiger partial charge is 0.454 e. The van der Waals surface area contributed by atoms with E-state index in [9.17, 15) is 4.79 Å². The molecular weight excluding hydrogens is 298 g/mol. The Balaban J connectivity index is 1.47. The van der Waals surface area contributed by atoms with Crippen LogP contribution < -0.4 is 14.8 Å². The van der Waals surface area contributed by atoms with Crippen LogP contribution >= 0.6 is 11.8 Å². The van der Waals surface area contributed by atoms with E-state index < -0.39 is 0 Å². The molecule has 1 heterocycles. The molecule has 2 aromatic rings. The number of amides is 1. The van der Waals surface area contributed by atoms with Gasteiger partial charge in [-0.3, -0.25) is 4.79 Å². The number of fused-ring (bicyclic) bond motifs is 1. The smallest absolute Gasteiger partial charge is 0.231 e. The molecule has 1 amide bonds. The molecule has 0 radical (unpaired) electrons. The van der Waals surface area contributed by atoms with Crippen molar-refractivity contribution < 1.29 is 14.3 Å². The molecule has 0 atom stereocenters. The molecule has 4 nitrogen and oxygen atoms in total. The summed E-state index contributed by atoms with van der Waals surface area (Å²) in [5.41, 5.74) is 2.22. The van der Waals surface area contributed by atoms with Crippen molar-refractivity contribution in [3.8, 4) is 11.5 Å². The first-order valence-corrected chi connectivity index (χ1v) is 8.04. The highest BCUT2D eigenvalue weighted by Gasteiger charge is 2.13. The number of ether oxygens (including phenoxy) is 2. The molecular formula is C17H17NO3S. The Morgan fingerprint density at radius 2 is 1.91 bits per heavy atom. The SMILES string of the molecule is Cc1ccc(SCC(=O)NCc2ccc3c(c2)OCO3)cc1. The summed E-state index contributed by atoms with van der Waals surface area (Å²) in [4.78, 5) is 13.0. The predicted molar refractivity (Wildman–Crippen MR) is 86.3 cm³/mol. The van der Waals surface area contributed by atoms with Gasteiger partial charge in [-0.05, 0) is 36.8 Å². The van der Waals surface area contributed by atoms with Gasteiger partial charge in [0.15, 0.2) is 11.5 Å². The second kappa shape index (κ2) is 6.75. The molecule has 0 saturated heterocycles. The summed E-state index contributed by atoms with van der Waals surface area (Å²) in [7, 11) is 0. The van der Waals surface area contributed by atoms with Crippen LogP contribution in [0.5, 0.6) is 11.5 Å². The number of hydrogen-bond donors (Lipinski definition) is 1. The molecule has 0 saturated carbocycles. The summed E-state index contributed by atoms with van der Waals surface area (Å²) < 4.78 is 10.6. The van der Waals surface area contributed by atoms with Gasteiger partial charge in [-0.25, -0.2) is 0 Å². The van der Waals surface area contributed by atoms with Crippen molar-refractivity contribution in [3.63, 3.8) is 0 Å². The van der Waals surface area contributed by atoms with Crippen molar-refractivity contribution in [1.29, 1.82) is 0 Å². The minimum atomic E-state index is 0.0169. The van der Waals surface area contributed by atoms with Crippen LogP contribution in [0.2, 0.25) is 0 Å². The van der Waals surface area contributed by atoms with E-state index in [4.69, 9.17) is 9.47 Å². The van der Waals surface area contributed by atoms with Crippen LogP contribution in [0.4, 0.5) is 0 Å². The Morgan fingerprint density at radius 1 is 1.14 bits per heavy atom. The fourth-order valence-electron chi connectivity index (χ4n) is 2.09. The van der Waals surface area contributed by atoms with Gasteiger partial charge in [0.25, 0.3) is 0 Å². The molecule has 0 fully saturated rings. The molecule has 0 aliphatic carbocycles. The molecule has 5 heteroatoms. The third-order valence-corrected chi connectivity index (χ3v) is 4.33. The van der Waals surface area contributed by atoms with Crippen LogP contribution in [0.25, 0.3) is 0 Å². The molecule has 1 N–H and O–H groups in total. The number of benzene rings is 2. The maximum atomic E-state index is 11.9. The number of rotatable bonds is 5. The summed E-state index contributed by atoms with van der Waals surface area (Å²) in [6.45, 7) is 2.80. The average Bonchev–Trinajstić information content (AvgIpc) is 3.00. The Morgan fingerprint density at radius 3 is 2.73 bits per heavy atom. The minimum Gasteiger partial charge on any atom is -0.454 e. The summed E-state index contributed by atoms with van der Waals surface area (Å²) in [5, 5.41) is 2.92. The lowest BCUT2D eigenvalue weighted by Gasteiger charge is -2.06. The average molecular weight is 315 g/mol. The molecule has 0 bridgehead atoms. The van der Waals surface area contributed by atoms with Crippen LogP contribution in [0.1, 0.15) is 11.1 Å². The topological polar surface area (TPSA) is 47.6 Å². The Kier molecular flexibility index (Phi) is 4.53. The van der Waals surface area contributed by atoms with Gasteiger partial charge < -0.3 is 14.8 Å². The number of carbonyl (C=O) groups excluding carboxylic acids is 1. The van der Waals surface area contributed by atoms with Crippen molar-refractivity contribution >= 4 is 17.7 Å². The minimum absolute atomic E-state index is 0.0169. The van der Waals surface area contributed by atoms with Crippen LogP contribution in [-0.4, -0.2) is 18.5 Å². The van der Waals surface area contributed by atoms with Crippen molar-refractivity contribution in [3.05, 3.63) is 53.6 Å². The van der Waals surface area contributed by atoms with Crippen LogP contribution in [0, 0.1) is 6.92 Å². The Hall–Kier alpha value is -2.14. The Labute approximate surface area is 133 Å². The van der Waals surface area contributed by atoms with Gasteiger partial charge in [0.1, 0.15) is 0 Å². The lowest BCUT2D eigenvalue weighted by atomic mass is 10.2. The van der Waals surface area contributed by atoms with E-state index in [0.717, 1.165) is 22.0 Å². The van der Waals surface area contributed by atoms with E-state index in [0.29, 0.717) is 12.3 Å². The lowest BCUT2D eigenvalue weighted by Crippen LogP contribution is -2.24. The molecule has 0 spiro atoms. The van der Waals surface area contributed by atoms with Gasteiger partial charge in [0.05, 0.1) is 5.75 Å². The predicted octanol–water partition coefficient (Wildman–Crippen LogP) is 3.13. The molecule has 2 aromatic carbocycles. The third-order valence-electron chi connectivity index (χ3n) is 3.32. The van der Waals surface area contributed by atoms with Crippen molar-refractivity contribution in [2.75, 3.05) is 12.5 Å². The van der Waals surface area contributed by atoms with E-state index in [-0.39, 0.29) is 12.7 Å². The third kappa shape index (κ3) is 3.74. The number of thioether (sulfide) groups is 1. The van der Waals surface area contributed by atoms with E-state index in [2.05, 4.69) is 5.32 Å².